The van der Waals surface area contributed by atoms with Crippen molar-refractivity contribution in [3.8, 4) is 0 Å². The van der Waals surface area contributed by atoms with Gasteiger partial charge in [-0.25, -0.2) is 4.98 Å². The van der Waals surface area contributed by atoms with Crippen molar-refractivity contribution < 1.29 is 4.52 Å². The van der Waals surface area contributed by atoms with E-state index in [4.69, 9.17) is 10.3 Å². The predicted octanol–water partition coefficient (Wildman–Crippen LogP) is 0.817. The molecule has 2 aromatic rings. The van der Waals surface area contributed by atoms with Gasteiger partial charge >= 0.3 is 0 Å². The number of nitrogens with zero attached hydrogens (tertiary/aromatic N) is 4. The Morgan fingerprint density at radius 3 is 2.75 bits per heavy atom. The SMILES string of the molecule is Cc1nccn1Cc1nc(C(C)(C)N)no1. The van der Waals surface area contributed by atoms with E-state index in [0.29, 0.717) is 18.3 Å². The van der Waals surface area contributed by atoms with E-state index in [1.807, 2.05) is 31.5 Å². The molecule has 0 aliphatic heterocycles. The molecule has 0 radical (unpaired) electrons. The largest absolute Gasteiger partial charge is 0.337 e. The van der Waals surface area contributed by atoms with Crippen molar-refractivity contribution in [2.45, 2.75) is 32.9 Å². The lowest BCUT2D eigenvalue weighted by atomic mass is 10.1. The normalized spacial score (nSPS) is 12.0. The first kappa shape index (κ1) is 10.8. The fraction of sp³-hybridized carbons (Fsp3) is 0.500. The monoisotopic (exact) mass is 221 g/mol. The quantitative estimate of drug-likeness (QED) is 0.829. The van der Waals surface area contributed by atoms with Crippen LogP contribution in [0.15, 0.2) is 16.9 Å². The maximum Gasteiger partial charge on any atom is 0.246 e. The minimum Gasteiger partial charge on any atom is -0.337 e. The van der Waals surface area contributed by atoms with Gasteiger partial charge in [-0.05, 0) is 20.8 Å². The molecule has 0 bridgehead atoms. The fourth-order valence-corrected chi connectivity index (χ4v) is 1.30. The second kappa shape index (κ2) is 3.71. The summed E-state index contributed by atoms with van der Waals surface area (Å²) in [5.74, 6) is 1.96. The average Bonchev–Trinajstić information content (AvgIpc) is 2.76. The molecule has 0 amide bonds. The Balaban J connectivity index is 2.18. The van der Waals surface area contributed by atoms with Gasteiger partial charge in [0.2, 0.25) is 5.89 Å². The van der Waals surface area contributed by atoms with Crippen LogP contribution in [0.4, 0.5) is 0 Å². The van der Waals surface area contributed by atoms with Crippen LogP contribution in [0.3, 0.4) is 0 Å². The molecule has 0 unspecified atom stereocenters. The van der Waals surface area contributed by atoms with Gasteiger partial charge in [0.05, 0.1) is 5.54 Å². The molecule has 6 nitrogen and oxygen atoms in total. The Hall–Kier alpha value is -1.69. The topological polar surface area (TPSA) is 82.8 Å². The standard InChI is InChI=1S/C10H15N5O/c1-7-12-4-5-15(7)6-8-13-9(14-16-8)10(2,3)11/h4-5H,6,11H2,1-3H3. The molecule has 6 heteroatoms. The Morgan fingerprint density at radius 1 is 1.50 bits per heavy atom. The van der Waals surface area contributed by atoms with Crippen LogP contribution < -0.4 is 5.73 Å². The zero-order valence-electron chi connectivity index (χ0n) is 9.64. The lowest BCUT2D eigenvalue weighted by molar-refractivity contribution is 0.354. The highest BCUT2D eigenvalue weighted by atomic mass is 16.5. The van der Waals surface area contributed by atoms with Gasteiger partial charge in [-0.2, -0.15) is 4.98 Å². The van der Waals surface area contributed by atoms with Gasteiger partial charge in [0, 0.05) is 12.4 Å². The van der Waals surface area contributed by atoms with E-state index < -0.39 is 5.54 Å². The van der Waals surface area contributed by atoms with Crippen molar-refractivity contribution in [3.05, 3.63) is 29.9 Å². The van der Waals surface area contributed by atoms with Crippen molar-refractivity contribution in [1.29, 1.82) is 0 Å². The third-order valence-electron chi connectivity index (χ3n) is 2.27. The van der Waals surface area contributed by atoms with E-state index in [2.05, 4.69) is 15.1 Å². The molecule has 16 heavy (non-hydrogen) atoms. The van der Waals surface area contributed by atoms with E-state index in [9.17, 15) is 0 Å². The summed E-state index contributed by atoms with van der Waals surface area (Å²) < 4.78 is 7.06. The minimum absolute atomic E-state index is 0.514. The summed E-state index contributed by atoms with van der Waals surface area (Å²) in [6.45, 7) is 6.12. The zero-order valence-corrected chi connectivity index (χ0v) is 9.64. The van der Waals surface area contributed by atoms with Gasteiger partial charge in [-0.15, -0.1) is 0 Å². The number of rotatable bonds is 3. The third-order valence-corrected chi connectivity index (χ3v) is 2.27. The lowest BCUT2D eigenvalue weighted by Crippen LogP contribution is -2.30. The molecule has 0 spiro atoms. The highest BCUT2D eigenvalue weighted by Gasteiger charge is 2.21. The molecule has 0 aliphatic carbocycles. The van der Waals surface area contributed by atoms with Crippen molar-refractivity contribution in [1.82, 2.24) is 19.7 Å². The van der Waals surface area contributed by atoms with Crippen LogP contribution >= 0.6 is 0 Å². The van der Waals surface area contributed by atoms with Gasteiger partial charge in [0.15, 0.2) is 5.82 Å². The molecule has 0 aromatic carbocycles. The number of imidazole rings is 1. The van der Waals surface area contributed by atoms with Gasteiger partial charge in [-0.3, -0.25) is 0 Å². The average molecular weight is 221 g/mol. The predicted molar refractivity (Wildman–Crippen MR) is 57.6 cm³/mol. The van der Waals surface area contributed by atoms with Gasteiger partial charge in [0.1, 0.15) is 12.4 Å². The first-order valence-corrected chi connectivity index (χ1v) is 5.06. The first-order chi connectivity index (χ1) is 7.47. The summed E-state index contributed by atoms with van der Waals surface area (Å²) in [4.78, 5) is 8.36. The maximum absolute atomic E-state index is 5.87. The van der Waals surface area contributed by atoms with E-state index in [-0.39, 0.29) is 0 Å². The molecule has 86 valence electrons. The Bertz CT molecular complexity index is 479. The third kappa shape index (κ3) is 2.11. The van der Waals surface area contributed by atoms with Crippen LogP contribution in [0.1, 0.15) is 31.4 Å². The number of hydrogen-bond donors (Lipinski definition) is 1. The fourth-order valence-electron chi connectivity index (χ4n) is 1.30. The van der Waals surface area contributed by atoms with Crippen LogP contribution in [-0.4, -0.2) is 19.7 Å². The van der Waals surface area contributed by atoms with Crippen molar-refractivity contribution in [2.24, 2.45) is 5.73 Å². The summed E-state index contributed by atoms with van der Waals surface area (Å²) >= 11 is 0. The number of nitrogens with two attached hydrogens (primary N) is 1. The summed E-state index contributed by atoms with van der Waals surface area (Å²) in [7, 11) is 0. The molecule has 2 N–H and O–H groups in total. The molecular weight excluding hydrogens is 206 g/mol. The molecule has 0 aliphatic rings. The van der Waals surface area contributed by atoms with Crippen LogP contribution in [0.2, 0.25) is 0 Å². The Morgan fingerprint density at radius 2 is 2.25 bits per heavy atom. The number of hydrogen-bond acceptors (Lipinski definition) is 5. The highest BCUT2D eigenvalue weighted by Crippen LogP contribution is 2.13. The van der Waals surface area contributed by atoms with Crippen LogP contribution in [0.5, 0.6) is 0 Å². The Labute approximate surface area is 93.5 Å². The zero-order chi connectivity index (χ0) is 11.8. The molecule has 2 aromatic heterocycles. The molecule has 2 rings (SSSR count). The molecule has 0 fully saturated rings. The smallest absolute Gasteiger partial charge is 0.246 e. The molecule has 0 atom stereocenters. The van der Waals surface area contributed by atoms with Crippen molar-refractivity contribution >= 4 is 0 Å². The summed E-state index contributed by atoms with van der Waals surface area (Å²) in [5.41, 5.74) is 5.29. The summed E-state index contributed by atoms with van der Waals surface area (Å²) in [5, 5.41) is 3.85. The minimum atomic E-state index is -0.578. The highest BCUT2D eigenvalue weighted by molar-refractivity contribution is 5.00. The Kier molecular flexibility index (Phi) is 2.51. The molecule has 2 heterocycles. The molecular formula is C10H15N5O. The second-order valence-electron chi connectivity index (χ2n) is 4.34. The van der Waals surface area contributed by atoms with Gasteiger partial charge in [0.25, 0.3) is 0 Å². The van der Waals surface area contributed by atoms with Gasteiger partial charge < -0.3 is 14.8 Å². The first-order valence-electron chi connectivity index (χ1n) is 5.06. The molecule has 0 saturated heterocycles. The van der Waals surface area contributed by atoms with E-state index >= 15 is 0 Å². The maximum atomic E-state index is 5.87. The number of aromatic nitrogens is 4. The van der Waals surface area contributed by atoms with Crippen LogP contribution in [-0.2, 0) is 12.1 Å². The lowest BCUT2D eigenvalue weighted by Gasteiger charge is -2.11. The van der Waals surface area contributed by atoms with Crippen LogP contribution in [0.25, 0.3) is 0 Å². The van der Waals surface area contributed by atoms with Crippen LogP contribution in [0, 0.1) is 6.92 Å². The van der Waals surface area contributed by atoms with E-state index in [1.54, 1.807) is 6.20 Å². The second-order valence-corrected chi connectivity index (χ2v) is 4.34. The summed E-state index contributed by atoms with van der Waals surface area (Å²) in [6.07, 6.45) is 3.60. The van der Waals surface area contributed by atoms with Crippen molar-refractivity contribution in [2.75, 3.05) is 0 Å². The number of aryl methyl sites for hydroxylation is 1. The van der Waals surface area contributed by atoms with E-state index in [0.717, 1.165) is 5.82 Å². The van der Waals surface area contributed by atoms with Crippen molar-refractivity contribution in [3.63, 3.8) is 0 Å². The summed E-state index contributed by atoms with van der Waals surface area (Å²) in [6, 6.07) is 0. The van der Waals surface area contributed by atoms with Gasteiger partial charge in [-0.1, -0.05) is 5.16 Å². The van der Waals surface area contributed by atoms with E-state index in [1.165, 1.54) is 0 Å². The molecule has 0 saturated carbocycles.